The average molecular weight is 394 g/mol. The lowest BCUT2D eigenvalue weighted by atomic mass is 9.97. The van der Waals surface area contributed by atoms with Gasteiger partial charge in [-0.25, -0.2) is 13.2 Å². The van der Waals surface area contributed by atoms with Crippen molar-refractivity contribution in [2.45, 2.75) is 51.6 Å². The van der Waals surface area contributed by atoms with E-state index in [4.69, 9.17) is 4.74 Å². The summed E-state index contributed by atoms with van der Waals surface area (Å²) in [6.45, 7) is 4.13. The molecule has 1 fully saturated rings. The Labute approximate surface area is 160 Å². The molecule has 27 heavy (non-hydrogen) atoms. The van der Waals surface area contributed by atoms with Gasteiger partial charge in [0.2, 0.25) is 10.0 Å². The number of amides is 1. The van der Waals surface area contributed by atoms with Crippen LogP contribution in [0.5, 0.6) is 0 Å². The Hall–Kier alpha value is -2.09. The molecule has 7 nitrogen and oxygen atoms in total. The normalized spacial score (nSPS) is 22.5. The first-order valence-electron chi connectivity index (χ1n) is 9.27. The molecular weight excluding hydrogens is 368 g/mol. The van der Waals surface area contributed by atoms with Gasteiger partial charge < -0.3 is 9.64 Å². The Balaban J connectivity index is 1.65. The van der Waals surface area contributed by atoms with Crippen LogP contribution in [0.4, 0.5) is 5.69 Å². The van der Waals surface area contributed by atoms with Crippen LogP contribution in [0.25, 0.3) is 0 Å². The molecule has 0 aliphatic carbocycles. The smallest absolute Gasteiger partial charge is 0.338 e. The summed E-state index contributed by atoms with van der Waals surface area (Å²) >= 11 is 0. The standard InChI is InChI=1S/C19H26N2O5S/c1-13-5-4-6-14(2)21(13)18(22)12-26-19(23)16-7-8-17-15(11-16)9-10-20(17)27(3,24)25/h7-8,11,13-14H,4-6,9-10,12H2,1-3H3/t13-,14-/m0/s1. The molecule has 2 atom stereocenters. The number of ether oxygens (including phenoxy) is 1. The molecule has 0 saturated carbocycles. The summed E-state index contributed by atoms with van der Waals surface area (Å²) in [5.74, 6) is -0.742. The van der Waals surface area contributed by atoms with E-state index in [-0.39, 0.29) is 24.6 Å². The fourth-order valence-corrected chi connectivity index (χ4v) is 5.00. The molecule has 1 amide bonds. The van der Waals surface area contributed by atoms with Crippen molar-refractivity contribution in [2.75, 3.05) is 23.7 Å². The van der Waals surface area contributed by atoms with Crippen LogP contribution in [0.15, 0.2) is 18.2 Å². The molecule has 0 N–H and O–H groups in total. The van der Waals surface area contributed by atoms with E-state index in [0.29, 0.717) is 24.2 Å². The van der Waals surface area contributed by atoms with Crippen LogP contribution in [0.2, 0.25) is 0 Å². The van der Waals surface area contributed by atoms with Crippen molar-refractivity contribution in [1.82, 2.24) is 4.90 Å². The Morgan fingerprint density at radius 3 is 2.48 bits per heavy atom. The number of carbonyl (C=O) groups is 2. The molecule has 0 spiro atoms. The number of hydrogen-bond donors (Lipinski definition) is 0. The van der Waals surface area contributed by atoms with Gasteiger partial charge in [0, 0.05) is 18.6 Å². The number of fused-ring (bicyclic) bond motifs is 1. The van der Waals surface area contributed by atoms with Crippen LogP contribution < -0.4 is 4.31 Å². The highest BCUT2D eigenvalue weighted by atomic mass is 32.2. The fourth-order valence-electron chi connectivity index (χ4n) is 4.04. The van der Waals surface area contributed by atoms with E-state index in [2.05, 4.69) is 0 Å². The number of benzene rings is 1. The number of anilines is 1. The highest BCUT2D eigenvalue weighted by Crippen LogP contribution is 2.31. The zero-order chi connectivity index (χ0) is 19.8. The Morgan fingerprint density at radius 2 is 1.85 bits per heavy atom. The molecule has 0 unspecified atom stereocenters. The van der Waals surface area contributed by atoms with Crippen molar-refractivity contribution >= 4 is 27.6 Å². The molecule has 1 saturated heterocycles. The summed E-state index contributed by atoms with van der Waals surface area (Å²) in [5.41, 5.74) is 1.72. The minimum atomic E-state index is -3.33. The third kappa shape index (κ3) is 4.10. The second-order valence-corrected chi connectivity index (χ2v) is 9.34. The van der Waals surface area contributed by atoms with Gasteiger partial charge in [0.15, 0.2) is 6.61 Å². The zero-order valence-electron chi connectivity index (χ0n) is 16.0. The molecule has 0 radical (unpaired) electrons. The second kappa shape index (κ2) is 7.50. The van der Waals surface area contributed by atoms with Gasteiger partial charge in [-0.15, -0.1) is 0 Å². The quantitative estimate of drug-likeness (QED) is 0.729. The summed E-state index contributed by atoms with van der Waals surface area (Å²) in [4.78, 5) is 26.6. The van der Waals surface area contributed by atoms with Gasteiger partial charge in [0.1, 0.15) is 0 Å². The predicted octanol–water partition coefficient (Wildman–Crippen LogP) is 1.96. The average Bonchev–Trinajstić information content (AvgIpc) is 3.03. The molecule has 0 aromatic heterocycles. The Bertz CT molecular complexity index is 842. The summed E-state index contributed by atoms with van der Waals surface area (Å²) in [5, 5.41) is 0. The third-order valence-electron chi connectivity index (χ3n) is 5.38. The molecule has 2 aliphatic heterocycles. The first-order valence-corrected chi connectivity index (χ1v) is 11.1. The molecule has 2 heterocycles. The van der Waals surface area contributed by atoms with Crippen LogP contribution in [0, 0.1) is 0 Å². The number of rotatable bonds is 4. The highest BCUT2D eigenvalue weighted by molar-refractivity contribution is 7.92. The lowest BCUT2D eigenvalue weighted by Gasteiger charge is -2.38. The molecular formula is C19H26N2O5S. The molecule has 2 aliphatic rings. The predicted molar refractivity (Wildman–Crippen MR) is 102 cm³/mol. The van der Waals surface area contributed by atoms with Gasteiger partial charge >= 0.3 is 5.97 Å². The number of likely N-dealkylation sites (tertiary alicyclic amines) is 1. The van der Waals surface area contributed by atoms with Gasteiger partial charge in [-0.3, -0.25) is 9.10 Å². The van der Waals surface area contributed by atoms with Crippen LogP contribution in [-0.4, -0.2) is 56.7 Å². The van der Waals surface area contributed by atoms with Gasteiger partial charge in [0.05, 0.1) is 17.5 Å². The van der Waals surface area contributed by atoms with E-state index in [1.807, 2.05) is 18.7 Å². The van der Waals surface area contributed by atoms with E-state index >= 15 is 0 Å². The summed E-state index contributed by atoms with van der Waals surface area (Å²) in [6, 6.07) is 5.13. The maximum Gasteiger partial charge on any atom is 0.338 e. The maximum atomic E-state index is 12.5. The largest absolute Gasteiger partial charge is 0.452 e. The fraction of sp³-hybridized carbons (Fsp3) is 0.579. The summed E-state index contributed by atoms with van der Waals surface area (Å²) in [6.07, 6.45) is 4.74. The Morgan fingerprint density at radius 1 is 1.19 bits per heavy atom. The van der Waals surface area contributed by atoms with Crippen molar-refractivity contribution in [3.8, 4) is 0 Å². The van der Waals surface area contributed by atoms with Gasteiger partial charge in [-0.1, -0.05) is 0 Å². The lowest BCUT2D eigenvalue weighted by molar-refractivity contribution is -0.140. The van der Waals surface area contributed by atoms with Crippen molar-refractivity contribution < 1.29 is 22.7 Å². The first kappa shape index (κ1) is 19.7. The number of hydrogen-bond acceptors (Lipinski definition) is 5. The van der Waals surface area contributed by atoms with Crippen molar-refractivity contribution in [1.29, 1.82) is 0 Å². The molecule has 0 bridgehead atoms. The van der Waals surface area contributed by atoms with Crippen LogP contribution in [0.3, 0.4) is 0 Å². The van der Waals surface area contributed by atoms with Crippen molar-refractivity contribution in [3.05, 3.63) is 29.3 Å². The second-order valence-electron chi connectivity index (χ2n) is 7.43. The van der Waals surface area contributed by atoms with Crippen LogP contribution >= 0.6 is 0 Å². The SMILES string of the molecule is C[C@H]1CCC[C@H](C)N1C(=O)COC(=O)c1ccc2c(c1)CCN2S(C)(=O)=O. The molecule has 1 aromatic rings. The monoisotopic (exact) mass is 394 g/mol. The molecule has 148 valence electrons. The van der Waals surface area contributed by atoms with E-state index in [0.717, 1.165) is 24.8 Å². The number of piperidine rings is 1. The van der Waals surface area contributed by atoms with Gasteiger partial charge in [0.25, 0.3) is 5.91 Å². The molecule has 8 heteroatoms. The number of carbonyl (C=O) groups excluding carboxylic acids is 2. The molecule has 1 aromatic carbocycles. The summed E-state index contributed by atoms with van der Waals surface area (Å²) < 4.78 is 30.1. The van der Waals surface area contributed by atoms with E-state index in [1.54, 1.807) is 18.2 Å². The number of esters is 1. The third-order valence-corrected chi connectivity index (χ3v) is 6.56. The minimum absolute atomic E-state index is 0.155. The van der Waals surface area contributed by atoms with Crippen LogP contribution in [-0.2, 0) is 26.0 Å². The molecule has 3 rings (SSSR count). The number of sulfonamides is 1. The van der Waals surface area contributed by atoms with Gasteiger partial charge in [-0.2, -0.15) is 0 Å². The van der Waals surface area contributed by atoms with Gasteiger partial charge in [-0.05, 0) is 63.3 Å². The first-order chi connectivity index (χ1) is 12.7. The maximum absolute atomic E-state index is 12.5. The van der Waals surface area contributed by atoms with E-state index < -0.39 is 16.0 Å². The number of nitrogens with zero attached hydrogens (tertiary/aromatic N) is 2. The highest BCUT2D eigenvalue weighted by Gasteiger charge is 2.30. The van der Waals surface area contributed by atoms with Crippen LogP contribution in [0.1, 0.15) is 49.0 Å². The van der Waals surface area contributed by atoms with E-state index in [1.165, 1.54) is 10.6 Å². The zero-order valence-corrected chi connectivity index (χ0v) is 16.8. The topological polar surface area (TPSA) is 84.0 Å². The van der Waals surface area contributed by atoms with Crippen molar-refractivity contribution in [3.63, 3.8) is 0 Å². The lowest BCUT2D eigenvalue weighted by Crippen LogP contribution is -2.49. The van der Waals surface area contributed by atoms with Crippen molar-refractivity contribution in [2.24, 2.45) is 0 Å². The van der Waals surface area contributed by atoms with E-state index in [9.17, 15) is 18.0 Å². The summed E-state index contributed by atoms with van der Waals surface area (Å²) in [7, 11) is -3.33. The Kier molecular flexibility index (Phi) is 5.46. The minimum Gasteiger partial charge on any atom is -0.452 e.